The van der Waals surface area contributed by atoms with Gasteiger partial charge in [0.1, 0.15) is 0 Å². The Labute approximate surface area is 286 Å². The average Bonchev–Trinajstić information content (AvgIpc) is 3.17. The van der Waals surface area contributed by atoms with Gasteiger partial charge in [0.2, 0.25) is 0 Å². The number of hydrogen-bond donors (Lipinski definition) is 0. The fourth-order valence-corrected chi connectivity index (χ4v) is 6.66. The number of aromatic nitrogens is 1. The summed E-state index contributed by atoms with van der Waals surface area (Å²) in [6, 6.07) is 55.6. The monoisotopic (exact) mass is 627 g/mol. The Balaban J connectivity index is 1.23. The normalized spacial score (nSPS) is 12.1. The first-order chi connectivity index (χ1) is 24.2. The highest BCUT2D eigenvalue weighted by Crippen LogP contribution is 2.32. The lowest BCUT2D eigenvalue weighted by molar-refractivity contribution is 1.26. The summed E-state index contributed by atoms with van der Waals surface area (Å²) in [4.78, 5) is 14.0. The fourth-order valence-electron chi connectivity index (χ4n) is 6.66. The largest absolute Gasteiger partial charge is 0.263 e. The smallest absolute Gasteiger partial charge is 0.159 e. The van der Waals surface area contributed by atoms with E-state index in [4.69, 9.17) is 4.99 Å². The lowest BCUT2D eigenvalue weighted by atomic mass is 9.93. The van der Waals surface area contributed by atoms with E-state index in [1.807, 2.05) is 36.8 Å². The summed E-state index contributed by atoms with van der Waals surface area (Å²) in [6.45, 7) is 3.91. The van der Waals surface area contributed by atoms with Crippen molar-refractivity contribution in [1.29, 1.82) is 0 Å². The van der Waals surface area contributed by atoms with Crippen molar-refractivity contribution in [2.24, 2.45) is 9.98 Å². The molecule has 8 rings (SSSR count). The number of hydrogen-bond acceptors (Lipinski definition) is 2. The maximum Gasteiger partial charge on any atom is 0.159 e. The molecule has 1 aromatic heterocycles. The third-order valence-corrected chi connectivity index (χ3v) is 9.14. The lowest BCUT2D eigenvalue weighted by Crippen LogP contribution is -1.98. The summed E-state index contributed by atoms with van der Waals surface area (Å²) in [7, 11) is 0. The summed E-state index contributed by atoms with van der Waals surface area (Å²) in [6.07, 6.45) is 6.52. The molecule has 232 valence electrons. The van der Waals surface area contributed by atoms with E-state index in [0.717, 1.165) is 44.0 Å². The number of amidine groups is 1. The van der Waals surface area contributed by atoms with Gasteiger partial charge in [0, 0.05) is 35.1 Å². The van der Waals surface area contributed by atoms with E-state index in [-0.39, 0.29) is 0 Å². The second kappa shape index (κ2) is 13.3. The number of pyridine rings is 1. The van der Waals surface area contributed by atoms with Gasteiger partial charge < -0.3 is 0 Å². The molecule has 0 saturated carbocycles. The predicted molar refractivity (Wildman–Crippen MR) is 208 cm³/mol. The standard InChI is InChI=1S/C46H33N3/c1-47-46(44-22-10-16-34-13-4-6-20-42(34)44)49-30-41(37-18-9-19-39(28-37)45-31-48-29-40-15-5-7-21-43(40)45)26-32-11-8-17-35(25-32)38-24-23-33-12-2-3-14-36(33)27-38/h2-25,27-31H,1,26H2/b41-30+,49-46?. The van der Waals surface area contributed by atoms with E-state index in [0.29, 0.717) is 12.3 Å². The van der Waals surface area contributed by atoms with Crippen LogP contribution >= 0.6 is 0 Å². The highest BCUT2D eigenvalue weighted by Gasteiger charge is 2.11. The van der Waals surface area contributed by atoms with Crippen LogP contribution in [0.2, 0.25) is 0 Å². The Morgan fingerprint density at radius 3 is 2.12 bits per heavy atom. The highest BCUT2D eigenvalue weighted by atomic mass is 14.9. The van der Waals surface area contributed by atoms with Crippen LogP contribution in [0.3, 0.4) is 0 Å². The quantitative estimate of drug-likeness (QED) is 0.128. The molecule has 7 aromatic carbocycles. The van der Waals surface area contributed by atoms with Crippen molar-refractivity contribution < 1.29 is 0 Å². The van der Waals surface area contributed by atoms with Gasteiger partial charge in [0.05, 0.1) is 0 Å². The van der Waals surface area contributed by atoms with Crippen molar-refractivity contribution in [1.82, 2.24) is 4.98 Å². The minimum Gasteiger partial charge on any atom is -0.263 e. The van der Waals surface area contributed by atoms with Crippen LogP contribution in [-0.4, -0.2) is 17.5 Å². The lowest BCUT2D eigenvalue weighted by Gasteiger charge is -2.13. The molecule has 3 nitrogen and oxygen atoms in total. The van der Waals surface area contributed by atoms with Crippen molar-refractivity contribution in [3.63, 3.8) is 0 Å². The number of fused-ring (bicyclic) bond motifs is 3. The van der Waals surface area contributed by atoms with Crippen molar-refractivity contribution >= 4 is 50.4 Å². The maximum absolute atomic E-state index is 5.02. The van der Waals surface area contributed by atoms with E-state index in [9.17, 15) is 0 Å². The van der Waals surface area contributed by atoms with Gasteiger partial charge >= 0.3 is 0 Å². The Morgan fingerprint density at radius 1 is 0.551 bits per heavy atom. The number of aliphatic imine (C=N–C) groups is 2. The average molecular weight is 628 g/mol. The van der Waals surface area contributed by atoms with Crippen LogP contribution in [0.1, 0.15) is 16.7 Å². The third-order valence-electron chi connectivity index (χ3n) is 9.14. The van der Waals surface area contributed by atoms with Crippen molar-refractivity contribution in [3.8, 4) is 22.3 Å². The molecular formula is C46H33N3. The van der Waals surface area contributed by atoms with Gasteiger partial charge in [-0.25, -0.2) is 9.98 Å². The van der Waals surface area contributed by atoms with Crippen LogP contribution in [0.5, 0.6) is 0 Å². The molecule has 0 unspecified atom stereocenters. The molecule has 0 amide bonds. The second-order valence-electron chi connectivity index (χ2n) is 12.2. The van der Waals surface area contributed by atoms with Crippen LogP contribution in [-0.2, 0) is 6.42 Å². The van der Waals surface area contributed by atoms with Gasteiger partial charge in [-0.2, -0.15) is 0 Å². The molecule has 0 fully saturated rings. The molecule has 0 saturated heterocycles. The molecule has 8 aromatic rings. The Kier molecular flexibility index (Phi) is 8.15. The van der Waals surface area contributed by atoms with Crippen LogP contribution in [0.4, 0.5) is 0 Å². The first-order valence-electron chi connectivity index (χ1n) is 16.5. The number of benzene rings is 7. The van der Waals surface area contributed by atoms with E-state index < -0.39 is 0 Å². The Morgan fingerprint density at radius 2 is 1.24 bits per heavy atom. The van der Waals surface area contributed by atoms with Crippen LogP contribution in [0.15, 0.2) is 186 Å². The molecule has 0 aliphatic rings. The first-order valence-corrected chi connectivity index (χ1v) is 16.5. The summed E-state index contributed by atoms with van der Waals surface area (Å²) in [5, 5.41) is 7.01. The SMILES string of the molecule is C=NC(=N/C=C(\Cc1cccc(-c2ccc3ccccc3c2)c1)c1cccc(-c2cncc3ccccc23)c1)c1cccc2ccccc12. The van der Waals surface area contributed by atoms with Crippen LogP contribution in [0, 0.1) is 0 Å². The van der Waals surface area contributed by atoms with Crippen LogP contribution < -0.4 is 0 Å². The molecule has 0 aliphatic carbocycles. The minimum absolute atomic E-state index is 0.591. The van der Waals surface area contributed by atoms with Crippen LogP contribution in [0.25, 0.3) is 60.1 Å². The zero-order chi connectivity index (χ0) is 33.0. The van der Waals surface area contributed by atoms with E-state index >= 15 is 0 Å². The molecule has 1 heterocycles. The molecule has 0 N–H and O–H groups in total. The molecular weight excluding hydrogens is 595 g/mol. The van der Waals surface area contributed by atoms with Gasteiger partial charge in [-0.1, -0.05) is 146 Å². The molecule has 0 spiro atoms. The number of nitrogens with zero attached hydrogens (tertiary/aromatic N) is 3. The van der Waals surface area contributed by atoms with Gasteiger partial charge in [0.25, 0.3) is 0 Å². The molecule has 0 aliphatic heterocycles. The Bertz CT molecular complexity index is 2550. The van der Waals surface area contributed by atoms with Gasteiger partial charge in [0.15, 0.2) is 5.84 Å². The number of rotatable bonds is 7. The zero-order valence-electron chi connectivity index (χ0n) is 27.0. The summed E-state index contributed by atoms with van der Waals surface area (Å²) in [5.41, 5.74) is 8.91. The van der Waals surface area contributed by atoms with E-state index in [1.165, 1.54) is 32.8 Å². The van der Waals surface area contributed by atoms with E-state index in [1.54, 1.807) is 0 Å². The van der Waals surface area contributed by atoms with Crippen molar-refractivity contribution in [3.05, 3.63) is 193 Å². The Hall–Kier alpha value is -6.45. The van der Waals surface area contributed by atoms with Gasteiger partial charge in [-0.15, -0.1) is 0 Å². The van der Waals surface area contributed by atoms with Gasteiger partial charge in [-0.05, 0) is 85.6 Å². The van der Waals surface area contributed by atoms with Crippen molar-refractivity contribution in [2.75, 3.05) is 0 Å². The predicted octanol–water partition coefficient (Wildman–Crippen LogP) is 11.6. The zero-order valence-corrected chi connectivity index (χ0v) is 27.0. The summed E-state index contributed by atoms with van der Waals surface area (Å²) in [5.74, 6) is 0.591. The van der Waals surface area contributed by atoms with E-state index in [2.05, 4.69) is 156 Å². The molecule has 0 bridgehead atoms. The fraction of sp³-hybridized carbons (Fsp3) is 0.0217. The highest BCUT2D eigenvalue weighted by molar-refractivity contribution is 6.11. The molecule has 49 heavy (non-hydrogen) atoms. The second-order valence-corrected chi connectivity index (χ2v) is 12.2. The summed E-state index contributed by atoms with van der Waals surface area (Å²) < 4.78 is 0. The number of allylic oxidation sites excluding steroid dienone is 1. The van der Waals surface area contributed by atoms with Gasteiger partial charge in [-0.3, -0.25) is 4.98 Å². The topological polar surface area (TPSA) is 37.6 Å². The maximum atomic E-state index is 5.02. The third kappa shape index (κ3) is 6.18. The summed E-state index contributed by atoms with van der Waals surface area (Å²) >= 11 is 0. The molecule has 3 heteroatoms. The van der Waals surface area contributed by atoms with Crippen molar-refractivity contribution in [2.45, 2.75) is 6.42 Å². The first kappa shape index (κ1) is 29.9. The molecule has 0 atom stereocenters. The minimum atomic E-state index is 0.591. The molecule has 0 radical (unpaired) electrons.